The summed E-state index contributed by atoms with van der Waals surface area (Å²) in [6.45, 7) is 0. The maximum absolute atomic E-state index is 11.8. The van der Waals surface area contributed by atoms with E-state index in [1.807, 2.05) is 30.3 Å². The van der Waals surface area contributed by atoms with Gasteiger partial charge in [-0.2, -0.15) is 0 Å². The quantitative estimate of drug-likeness (QED) is 0.838. The average Bonchev–Trinajstić information content (AvgIpc) is 2.51. The number of nitrogens with zero attached hydrogens (tertiary/aromatic N) is 2. The first-order valence-corrected chi connectivity index (χ1v) is 6.19. The second-order valence-electron chi connectivity index (χ2n) is 4.27. The van der Waals surface area contributed by atoms with Gasteiger partial charge < -0.3 is 4.74 Å². The van der Waals surface area contributed by atoms with Gasteiger partial charge in [-0.05, 0) is 36.4 Å². The van der Waals surface area contributed by atoms with Crippen LogP contribution in [0.2, 0.25) is 0 Å². The third kappa shape index (κ3) is 2.12. The van der Waals surface area contributed by atoms with Crippen LogP contribution in [-0.4, -0.2) is 23.6 Å². The predicted molar refractivity (Wildman–Crippen MR) is 76.9 cm³/mol. The number of allylic oxidation sites excluding steroid dienone is 2. The summed E-state index contributed by atoms with van der Waals surface area (Å²) in [6.07, 6.45) is 4.80. The molecule has 0 spiro atoms. The number of carbonyl (C=O) groups excluding carboxylic acids is 1. The van der Waals surface area contributed by atoms with Crippen molar-refractivity contribution in [3.8, 4) is 5.75 Å². The smallest absolute Gasteiger partial charge is 0.204 e. The Balaban J connectivity index is 2.13. The molecule has 1 heterocycles. The summed E-state index contributed by atoms with van der Waals surface area (Å²) < 4.78 is 5.28. The van der Waals surface area contributed by atoms with Crippen molar-refractivity contribution in [3.63, 3.8) is 0 Å². The molecular formula is C16H12N2O2. The summed E-state index contributed by atoms with van der Waals surface area (Å²) in [6, 6.07) is 11.1. The number of rotatable bonds is 2. The molecule has 4 nitrogen and oxygen atoms in total. The number of methoxy groups -OCH3 is 1. The molecule has 0 aliphatic heterocycles. The number of ether oxygens (including phenoxy) is 1. The molecule has 0 atom stereocenters. The highest BCUT2D eigenvalue weighted by atomic mass is 16.5. The molecule has 98 valence electrons. The molecule has 0 radical (unpaired) electrons. The Morgan fingerprint density at radius 3 is 2.80 bits per heavy atom. The molecule has 0 unspecified atom stereocenters. The number of aliphatic imine (C=N–C) groups is 1. The molecule has 4 heteroatoms. The average molecular weight is 264 g/mol. The number of benzene rings is 1. The maximum atomic E-state index is 11.8. The number of aromatic nitrogens is 1. The van der Waals surface area contributed by atoms with Crippen molar-refractivity contribution in [2.45, 2.75) is 0 Å². The molecule has 0 saturated heterocycles. The van der Waals surface area contributed by atoms with E-state index in [9.17, 15) is 4.79 Å². The molecule has 3 rings (SSSR count). The van der Waals surface area contributed by atoms with Crippen molar-refractivity contribution in [1.82, 2.24) is 4.98 Å². The van der Waals surface area contributed by atoms with Crippen molar-refractivity contribution in [1.29, 1.82) is 0 Å². The number of hydrogen-bond acceptors (Lipinski definition) is 4. The Labute approximate surface area is 116 Å². The number of pyridine rings is 1. The fourth-order valence-electron chi connectivity index (χ4n) is 2.08. The molecule has 1 aromatic carbocycles. The van der Waals surface area contributed by atoms with Gasteiger partial charge >= 0.3 is 0 Å². The van der Waals surface area contributed by atoms with Gasteiger partial charge in [0.1, 0.15) is 17.1 Å². The Bertz CT molecular complexity index is 733. The van der Waals surface area contributed by atoms with Gasteiger partial charge in [0.25, 0.3) is 0 Å². The molecule has 1 aliphatic rings. The zero-order chi connectivity index (χ0) is 13.9. The van der Waals surface area contributed by atoms with Crippen LogP contribution in [0.4, 0.5) is 5.69 Å². The van der Waals surface area contributed by atoms with Gasteiger partial charge in [-0.1, -0.05) is 12.1 Å². The summed E-state index contributed by atoms with van der Waals surface area (Å²) in [5.74, 6) is 0.593. The van der Waals surface area contributed by atoms with Gasteiger partial charge in [0, 0.05) is 11.8 Å². The molecule has 0 N–H and O–H groups in total. The Kier molecular flexibility index (Phi) is 3.13. The highest BCUT2D eigenvalue weighted by Crippen LogP contribution is 2.28. The van der Waals surface area contributed by atoms with Gasteiger partial charge in [-0.3, -0.25) is 9.78 Å². The van der Waals surface area contributed by atoms with Crippen molar-refractivity contribution in [3.05, 3.63) is 66.0 Å². The Morgan fingerprint density at radius 2 is 1.95 bits per heavy atom. The molecular weight excluding hydrogens is 252 g/mol. The summed E-state index contributed by atoms with van der Waals surface area (Å²) >= 11 is 0. The lowest BCUT2D eigenvalue weighted by Gasteiger charge is -2.11. The van der Waals surface area contributed by atoms with E-state index in [2.05, 4.69) is 9.98 Å². The highest BCUT2D eigenvalue weighted by Gasteiger charge is 2.18. The van der Waals surface area contributed by atoms with E-state index in [1.165, 1.54) is 6.08 Å². The number of ketones is 1. The molecule has 1 aromatic heterocycles. The van der Waals surface area contributed by atoms with E-state index in [0.717, 1.165) is 11.3 Å². The van der Waals surface area contributed by atoms with Crippen LogP contribution in [0.25, 0.3) is 0 Å². The zero-order valence-electron chi connectivity index (χ0n) is 10.9. The summed E-state index contributed by atoms with van der Waals surface area (Å²) in [5, 5.41) is 0. The van der Waals surface area contributed by atoms with E-state index >= 15 is 0 Å². The predicted octanol–water partition coefficient (Wildman–Crippen LogP) is 2.96. The summed E-state index contributed by atoms with van der Waals surface area (Å²) in [7, 11) is 1.61. The molecule has 0 saturated carbocycles. The van der Waals surface area contributed by atoms with Crippen LogP contribution >= 0.6 is 0 Å². The fraction of sp³-hybridized carbons (Fsp3) is 0.0625. The third-order valence-electron chi connectivity index (χ3n) is 3.04. The molecule has 0 bridgehead atoms. The van der Waals surface area contributed by atoms with Crippen LogP contribution in [0.3, 0.4) is 0 Å². The van der Waals surface area contributed by atoms with Gasteiger partial charge in [-0.25, -0.2) is 4.99 Å². The van der Waals surface area contributed by atoms with Crippen molar-refractivity contribution < 1.29 is 9.53 Å². The van der Waals surface area contributed by atoms with Gasteiger partial charge in [-0.15, -0.1) is 0 Å². The van der Waals surface area contributed by atoms with Crippen LogP contribution in [0.5, 0.6) is 5.75 Å². The van der Waals surface area contributed by atoms with Gasteiger partial charge in [0.05, 0.1) is 12.8 Å². The Morgan fingerprint density at radius 1 is 1.10 bits per heavy atom. The molecule has 20 heavy (non-hydrogen) atoms. The minimum atomic E-state index is -0.0976. The first kappa shape index (κ1) is 12.3. The molecule has 2 aromatic rings. The van der Waals surface area contributed by atoms with E-state index in [4.69, 9.17) is 4.74 Å². The molecule has 0 fully saturated rings. The third-order valence-corrected chi connectivity index (χ3v) is 3.04. The molecule has 0 amide bonds. The summed E-state index contributed by atoms with van der Waals surface area (Å²) in [4.78, 5) is 20.5. The maximum Gasteiger partial charge on any atom is 0.204 e. The number of fused-ring (bicyclic) bond motifs is 1. The molecule has 1 aliphatic carbocycles. The van der Waals surface area contributed by atoms with Crippen LogP contribution < -0.4 is 4.74 Å². The largest absolute Gasteiger partial charge is 0.494 e. The Hall–Kier alpha value is -2.75. The van der Waals surface area contributed by atoms with Crippen molar-refractivity contribution in [2.75, 3.05) is 7.11 Å². The second kappa shape index (κ2) is 5.09. The van der Waals surface area contributed by atoms with Crippen molar-refractivity contribution in [2.24, 2.45) is 4.99 Å². The monoisotopic (exact) mass is 264 g/mol. The first-order valence-electron chi connectivity index (χ1n) is 6.19. The topological polar surface area (TPSA) is 51.5 Å². The second-order valence-corrected chi connectivity index (χ2v) is 4.27. The lowest BCUT2D eigenvalue weighted by molar-refractivity contribution is 0.104. The minimum Gasteiger partial charge on any atom is -0.494 e. The number of hydrogen-bond donors (Lipinski definition) is 0. The number of para-hydroxylation sites is 2. The highest BCUT2D eigenvalue weighted by molar-refractivity contribution is 6.23. The standard InChI is InChI=1S/C16H12N2O2/c1-20-15-7-3-2-6-13(15)18-12-8-9-14(19)16-11(12)5-4-10-17-16/h2-10H,1H3. The van der Waals surface area contributed by atoms with Gasteiger partial charge in [0.2, 0.25) is 5.78 Å². The number of carbonyl (C=O) groups is 1. The van der Waals surface area contributed by atoms with E-state index in [-0.39, 0.29) is 5.78 Å². The van der Waals surface area contributed by atoms with E-state index in [0.29, 0.717) is 17.2 Å². The van der Waals surface area contributed by atoms with Gasteiger partial charge in [0.15, 0.2) is 0 Å². The van der Waals surface area contributed by atoms with Crippen LogP contribution in [0.15, 0.2) is 59.7 Å². The van der Waals surface area contributed by atoms with Crippen LogP contribution in [0.1, 0.15) is 16.1 Å². The zero-order valence-corrected chi connectivity index (χ0v) is 10.9. The van der Waals surface area contributed by atoms with E-state index in [1.54, 1.807) is 25.4 Å². The SMILES string of the molecule is COc1ccccc1N=C1C=CC(=O)c2ncccc21. The fourth-order valence-corrected chi connectivity index (χ4v) is 2.08. The summed E-state index contributed by atoms with van der Waals surface area (Å²) in [5.41, 5.74) is 2.60. The van der Waals surface area contributed by atoms with Crippen LogP contribution in [0, 0.1) is 0 Å². The lowest BCUT2D eigenvalue weighted by atomic mass is 9.99. The lowest BCUT2D eigenvalue weighted by Crippen LogP contribution is -2.13. The minimum absolute atomic E-state index is 0.0976. The van der Waals surface area contributed by atoms with Crippen LogP contribution in [-0.2, 0) is 0 Å². The first-order chi connectivity index (χ1) is 9.79. The normalized spacial score (nSPS) is 15.2. The van der Waals surface area contributed by atoms with Crippen molar-refractivity contribution >= 4 is 17.2 Å². The van der Waals surface area contributed by atoms with E-state index < -0.39 is 0 Å².